The molecule has 0 fully saturated rings. The van der Waals surface area contributed by atoms with Crippen LogP contribution in [-0.2, 0) is 0 Å². The van der Waals surface area contributed by atoms with E-state index in [4.69, 9.17) is 16.3 Å². The average molecular weight is 431 g/mol. The first-order chi connectivity index (χ1) is 14.9. The molecule has 3 aromatic rings. The van der Waals surface area contributed by atoms with Crippen molar-refractivity contribution in [2.75, 3.05) is 11.4 Å². The Balaban J connectivity index is 1.51. The molecule has 1 heterocycles. The van der Waals surface area contributed by atoms with Crippen LogP contribution in [0.25, 0.3) is 5.57 Å². The van der Waals surface area contributed by atoms with Gasteiger partial charge in [-0.3, -0.25) is 4.99 Å². The van der Waals surface area contributed by atoms with E-state index >= 15 is 0 Å². The van der Waals surface area contributed by atoms with Crippen LogP contribution >= 0.6 is 11.6 Å². The zero-order chi connectivity index (χ0) is 22.0. The van der Waals surface area contributed by atoms with Gasteiger partial charge < -0.3 is 9.64 Å². The van der Waals surface area contributed by atoms with Gasteiger partial charge in [0.2, 0.25) is 0 Å². The summed E-state index contributed by atoms with van der Waals surface area (Å²) in [6.45, 7) is 9.89. The predicted molar refractivity (Wildman–Crippen MR) is 132 cm³/mol. The first-order valence-corrected chi connectivity index (χ1v) is 10.9. The highest BCUT2D eigenvalue weighted by Gasteiger charge is 2.29. The largest absolute Gasteiger partial charge is 0.457 e. The van der Waals surface area contributed by atoms with E-state index < -0.39 is 0 Å². The number of rotatable bonds is 5. The summed E-state index contributed by atoms with van der Waals surface area (Å²) < 4.78 is 5.84. The normalized spacial score (nSPS) is 15.0. The van der Waals surface area contributed by atoms with Crippen LogP contribution in [0, 0.1) is 0 Å². The van der Waals surface area contributed by atoms with Gasteiger partial charge in [-0.1, -0.05) is 29.8 Å². The maximum atomic E-state index is 6.01. The van der Waals surface area contributed by atoms with Gasteiger partial charge in [0.25, 0.3) is 0 Å². The quantitative estimate of drug-likeness (QED) is 0.384. The molecule has 0 bridgehead atoms. The Labute approximate surface area is 189 Å². The van der Waals surface area contributed by atoms with Crippen molar-refractivity contribution in [2.24, 2.45) is 4.99 Å². The third kappa shape index (κ3) is 4.67. The van der Waals surface area contributed by atoms with Crippen LogP contribution in [0.15, 0.2) is 77.8 Å². The Morgan fingerprint density at radius 2 is 1.77 bits per heavy atom. The minimum absolute atomic E-state index is 0.0241. The number of halogens is 1. The number of benzene rings is 3. The van der Waals surface area contributed by atoms with Crippen LogP contribution in [0.3, 0.4) is 0 Å². The molecule has 0 amide bonds. The Kier molecular flexibility index (Phi) is 5.88. The predicted octanol–water partition coefficient (Wildman–Crippen LogP) is 7.90. The van der Waals surface area contributed by atoms with Crippen LogP contribution in [0.5, 0.6) is 11.5 Å². The van der Waals surface area contributed by atoms with Crippen LogP contribution in [0.2, 0.25) is 5.02 Å². The molecule has 1 aliphatic rings. The second-order valence-electron chi connectivity index (χ2n) is 8.31. The number of nitrogens with zero attached hydrogens (tertiary/aromatic N) is 2. The number of hydrogen-bond acceptors (Lipinski definition) is 3. The van der Waals surface area contributed by atoms with Crippen molar-refractivity contribution in [1.29, 1.82) is 0 Å². The molecule has 0 saturated heterocycles. The number of likely N-dealkylation sites (N-methyl/N-ethyl adjacent to an activating group) is 1. The molecule has 3 aromatic carbocycles. The van der Waals surface area contributed by atoms with Crippen molar-refractivity contribution in [3.05, 3.63) is 89.0 Å². The lowest BCUT2D eigenvalue weighted by atomic mass is 9.88. The molecule has 4 heteroatoms. The van der Waals surface area contributed by atoms with Crippen molar-refractivity contribution in [1.82, 2.24) is 0 Å². The van der Waals surface area contributed by atoms with E-state index in [1.807, 2.05) is 48.7 Å². The van der Waals surface area contributed by atoms with Gasteiger partial charge >= 0.3 is 0 Å². The van der Waals surface area contributed by atoms with Crippen LogP contribution in [-0.4, -0.2) is 18.3 Å². The molecule has 0 atom stereocenters. The average Bonchev–Trinajstić information content (AvgIpc) is 2.73. The molecule has 0 unspecified atom stereocenters. The van der Waals surface area contributed by atoms with Gasteiger partial charge in [0, 0.05) is 29.0 Å². The lowest BCUT2D eigenvalue weighted by molar-refractivity contribution is 0.483. The monoisotopic (exact) mass is 430 g/mol. The summed E-state index contributed by atoms with van der Waals surface area (Å²) in [5, 5.41) is 0.652. The van der Waals surface area contributed by atoms with Gasteiger partial charge in [0.1, 0.15) is 11.5 Å². The first-order valence-electron chi connectivity index (χ1n) is 10.5. The summed E-state index contributed by atoms with van der Waals surface area (Å²) in [7, 11) is 0. The van der Waals surface area contributed by atoms with Gasteiger partial charge in [-0.25, -0.2) is 0 Å². The van der Waals surface area contributed by atoms with E-state index in [-0.39, 0.29) is 5.54 Å². The summed E-state index contributed by atoms with van der Waals surface area (Å²) in [6, 6.07) is 21.6. The SMILES string of the molecule is CCN1c2ccc(C=Nc3ccc(Oc4cccc(Cl)c4)cc3)cc2C(C)=CC1(C)C. The van der Waals surface area contributed by atoms with E-state index in [0.717, 1.165) is 23.5 Å². The first kappa shape index (κ1) is 21.2. The molecule has 0 saturated carbocycles. The third-order valence-electron chi connectivity index (χ3n) is 5.55. The highest BCUT2D eigenvalue weighted by atomic mass is 35.5. The summed E-state index contributed by atoms with van der Waals surface area (Å²) in [4.78, 5) is 7.09. The molecule has 4 rings (SSSR count). The van der Waals surface area contributed by atoms with E-state index in [1.165, 1.54) is 16.8 Å². The van der Waals surface area contributed by atoms with Crippen LogP contribution in [0.4, 0.5) is 11.4 Å². The Bertz CT molecular complexity index is 1150. The standard InChI is InChI=1S/C27H27ClN2O/c1-5-30-26-14-9-20(15-25(26)19(2)17-27(30,3)4)18-29-22-10-12-23(13-11-22)31-24-8-6-7-21(28)16-24/h6-18H,5H2,1-4H3. The van der Waals surface area contributed by atoms with Gasteiger partial charge in [-0.2, -0.15) is 0 Å². The Morgan fingerprint density at radius 1 is 1.00 bits per heavy atom. The minimum atomic E-state index is 0.0241. The molecule has 0 spiro atoms. The molecule has 0 aromatic heterocycles. The molecule has 3 nitrogen and oxygen atoms in total. The lowest BCUT2D eigenvalue weighted by Gasteiger charge is -2.42. The zero-order valence-electron chi connectivity index (χ0n) is 18.4. The molecule has 31 heavy (non-hydrogen) atoms. The molecule has 158 valence electrons. The number of hydrogen-bond donors (Lipinski definition) is 0. The molecule has 1 aliphatic heterocycles. The fraction of sp³-hybridized carbons (Fsp3) is 0.222. The second-order valence-corrected chi connectivity index (χ2v) is 8.75. The molecule has 0 N–H and O–H groups in total. The lowest BCUT2D eigenvalue weighted by Crippen LogP contribution is -2.44. The fourth-order valence-corrected chi connectivity index (χ4v) is 4.36. The molecule has 0 aliphatic carbocycles. The van der Waals surface area contributed by atoms with Gasteiger partial charge in [-0.15, -0.1) is 0 Å². The van der Waals surface area contributed by atoms with E-state index in [9.17, 15) is 0 Å². The highest BCUT2D eigenvalue weighted by molar-refractivity contribution is 6.30. The number of allylic oxidation sites excluding steroid dienone is 1. The van der Waals surface area contributed by atoms with Crippen molar-refractivity contribution in [3.63, 3.8) is 0 Å². The van der Waals surface area contributed by atoms with Crippen molar-refractivity contribution < 1.29 is 4.74 Å². The van der Waals surface area contributed by atoms with Gasteiger partial charge in [0.05, 0.1) is 11.2 Å². The number of anilines is 1. The Hall–Kier alpha value is -3.04. The Morgan fingerprint density at radius 3 is 2.48 bits per heavy atom. The minimum Gasteiger partial charge on any atom is -0.457 e. The number of ether oxygens (including phenoxy) is 1. The van der Waals surface area contributed by atoms with E-state index in [1.54, 1.807) is 6.07 Å². The molecular formula is C27H27ClN2O. The third-order valence-corrected chi connectivity index (χ3v) is 5.78. The maximum Gasteiger partial charge on any atom is 0.128 e. The summed E-state index contributed by atoms with van der Waals surface area (Å²) in [5.74, 6) is 1.46. The van der Waals surface area contributed by atoms with Crippen molar-refractivity contribution in [3.8, 4) is 11.5 Å². The zero-order valence-corrected chi connectivity index (χ0v) is 19.1. The van der Waals surface area contributed by atoms with Crippen molar-refractivity contribution >= 4 is 34.8 Å². The van der Waals surface area contributed by atoms with E-state index in [0.29, 0.717) is 10.8 Å². The van der Waals surface area contributed by atoms with Gasteiger partial charge in [0.15, 0.2) is 0 Å². The van der Waals surface area contributed by atoms with Crippen molar-refractivity contribution in [2.45, 2.75) is 33.2 Å². The second kappa shape index (κ2) is 8.60. The fourth-order valence-electron chi connectivity index (χ4n) is 4.17. The highest BCUT2D eigenvalue weighted by Crippen LogP contribution is 2.39. The maximum absolute atomic E-state index is 6.01. The number of fused-ring (bicyclic) bond motifs is 1. The topological polar surface area (TPSA) is 24.8 Å². The summed E-state index contributed by atoms with van der Waals surface area (Å²) in [6.07, 6.45) is 4.26. The van der Waals surface area contributed by atoms with Crippen LogP contribution in [0.1, 0.15) is 38.8 Å². The summed E-state index contributed by atoms with van der Waals surface area (Å²) in [5.41, 5.74) is 5.85. The van der Waals surface area contributed by atoms with Gasteiger partial charge in [-0.05, 0) is 93.4 Å². The number of aliphatic imine (C=N–C) groups is 1. The summed E-state index contributed by atoms with van der Waals surface area (Å²) >= 11 is 6.01. The van der Waals surface area contributed by atoms with Crippen LogP contribution < -0.4 is 9.64 Å². The molecular weight excluding hydrogens is 404 g/mol. The smallest absolute Gasteiger partial charge is 0.128 e. The molecule has 0 radical (unpaired) electrons. The van der Waals surface area contributed by atoms with E-state index in [2.05, 4.69) is 61.9 Å².